The zero-order valence-electron chi connectivity index (χ0n) is 18.6. The maximum atomic E-state index is 13.1. The maximum absolute atomic E-state index is 13.1. The SMILES string of the molecule is COc1ccc(-c2cnc(C(Cc3ccccc3)NC(=O)C3CCC(CN)CC3)[nH]2)cc1. The quantitative estimate of drug-likeness (QED) is 0.496. The Morgan fingerprint density at radius 1 is 1.12 bits per heavy atom. The van der Waals surface area contributed by atoms with Crippen molar-refractivity contribution >= 4 is 5.91 Å². The number of benzene rings is 2. The van der Waals surface area contributed by atoms with Crippen molar-refractivity contribution in [1.82, 2.24) is 15.3 Å². The second kappa shape index (κ2) is 10.5. The summed E-state index contributed by atoms with van der Waals surface area (Å²) < 4.78 is 5.25. The number of rotatable bonds is 8. The first-order chi connectivity index (χ1) is 15.7. The minimum absolute atomic E-state index is 0.0482. The average molecular weight is 433 g/mol. The Hall–Kier alpha value is -3.12. The van der Waals surface area contributed by atoms with Crippen molar-refractivity contribution in [2.24, 2.45) is 17.6 Å². The number of methoxy groups -OCH3 is 1. The van der Waals surface area contributed by atoms with Gasteiger partial charge in [0.05, 0.1) is 25.0 Å². The number of carbonyl (C=O) groups is 1. The molecule has 1 aliphatic carbocycles. The van der Waals surface area contributed by atoms with Gasteiger partial charge in [0.25, 0.3) is 0 Å². The van der Waals surface area contributed by atoms with Crippen molar-refractivity contribution in [2.75, 3.05) is 13.7 Å². The first-order valence-electron chi connectivity index (χ1n) is 11.4. The van der Waals surface area contributed by atoms with Crippen LogP contribution in [0.15, 0.2) is 60.8 Å². The molecular weight excluding hydrogens is 400 g/mol. The lowest BCUT2D eigenvalue weighted by atomic mass is 9.81. The van der Waals surface area contributed by atoms with E-state index in [0.717, 1.165) is 54.1 Å². The molecule has 1 unspecified atom stereocenters. The molecule has 0 spiro atoms. The molecule has 1 aromatic heterocycles. The van der Waals surface area contributed by atoms with E-state index in [2.05, 4.69) is 27.4 Å². The second-order valence-electron chi connectivity index (χ2n) is 8.61. The zero-order chi connectivity index (χ0) is 22.3. The normalized spacial score (nSPS) is 19.3. The van der Waals surface area contributed by atoms with Crippen LogP contribution in [0.1, 0.15) is 43.1 Å². The van der Waals surface area contributed by atoms with Gasteiger partial charge in [-0.2, -0.15) is 0 Å². The van der Waals surface area contributed by atoms with Crippen LogP contribution in [0, 0.1) is 11.8 Å². The molecule has 0 saturated heterocycles. The van der Waals surface area contributed by atoms with Gasteiger partial charge < -0.3 is 20.8 Å². The number of imidazole rings is 1. The van der Waals surface area contributed by atoms with Crippen LogP contribution < -0.4 is 15.8 Å². The summed E-state index contributed by atoms with van der Waals surface area (Å²) in [4.78, 5) is 21.2. The fourth-order valence-corrected chi connectivity index (χ4v) is 4.45. The largest absolute Gasteiger partial charge is 0.497 e. The van der Waals surface area contributed by atoms with Crippen LogP contribution in [0.3, 0.4) is 0 Å². The number of aromatic nitrogens is 2. The topological polar surface area (TPSA) is 93.0 Å². The summed E-state index contributed by atoms with van der Waals surface area (Å²) in [6.45, 7) is 0.714. The highest BCUT2D eigenvalue weighted by Crippen LogP contribution is 2.29. The number of carbonyl (C=O) groups excluding carboxylic acids is 1. The van der Waals surface area contributed by atoms with E-state index in [4.69, 9.17) is 10.5 Å². The second-order valence-corrected chi connectivity index (χ2v) is 8.61. The predicted molar refractivity (Wildman–Crippen MR) is 126 cm³/mol. The van der Waals surface area contributed by atoms with Gasteiger partial charge in [0.15, 0.2) is 0 Å². The van der Waals surface area contributed by atoms with Crippen LogP contribution in [-0.4, -0.2) is 29.5 Å². The fourth-order valence-electron chi connectivity index (χ4n) is 4.45. The molecule has 0 bridgehead atoms. The molecule has 1 heterocycles. The molecule has 1 atom stereocenters. The maximum Gasteiger partial charge on any atom is 0.223 e. The lowest BCUT2D eigenvalue weighted by Gasteiger charge is -2.28. The van der Waals surface area contributed by atoms with Gasteiger partial charge in [-0.3, -0.25) is 4.79 Å². The van der Waals surface area contributed by atoms with Gasteiger partial charge in [0, 0.05) is 5.92 Å². The van der Waals surface area contributed by atoms with E-state index >= 15 is 0 Å². The molecule has 1 saturated carbocycles. The Kier molecular flexibility index (Phi) is 7.22. The summed E-state index contributed by atoms with van der Waals surface area (Å²) in [5.41, 5.74) is 8.91. The molecule has 32 heavy (non-hydrogen) atoms. The molecule has 1 fully saturated rings. The minimum Gasteiger partial charge on any atom is -0.497 e. The number of nitrogens with two attached hydrogens (primary N) is 1. The van der Waals surface area contributed by atoms with Gasteiger partial charge in [0.1, 0.15) is 11.6 Å². The molecule has 0 radical (unpaired) electrons. The van der Waals surface area contributed by atoms with Gasteiger partial charge in [-0.1, -0.05) is 30.3 Å². The van der Waals surface area contributed by atoms with Crippen molar-refractivity contribution in [3.63, 3.8) is 0 Å². The van der Waals surface area contributed by atoms with Crippen LogP contribution in [0.2, 0.25) is 0 Å². The van der Waals surface area contributed by atoms with Crippen LogP contribution in [0.4, 0.5) is 0 Å². The third-order valence-corrected chi connectivity index (χ3v) is 6.48. The Balaban J connectivity index is 1.51. The van der Waals surface area contributed by atoms with E-state index in [1.54, 1.807) is 7.11 Å². The Morgan fingerprint density at radius 3 is 2.50 bits per heavy atom. The van der Waals surface area contributed by atoms with E-state index in [1.165, 1.54) is 0 Å². The number of nitrogens with zero attached hydrogens (tertiary/aromatic N) is 1. The van der Waals surface area contributed by atoms with Crippen LogP contribution in [0.5, 0.6) is 5.75 Å². The van der Waals surface area contributed by atoms with Crippen molar-refractivity contribution in [1.29, 1.82) is 0 Å². The number of hydrogen-bond acceptors (Lipinski definition) is 4. The van der Waals surface area contributed by atoms with Crippen molar-refractivity contribution in [3.05, 3.63) is 72.2 Å². The van der Waals surface area contributed by atoms with Crippen molar-refractivity contribution in [3.8, 4) is 17.0 Å². The minimum atomic E-state index is -0.218. The van der Waals surface area contributed by atoms with E-state index in [9.17, 15) is 4.79 Å². The predicted octanol–water partition coefficient (Wildman–Crippen LogP) is 4.25. The smallest absolute Gasteiger partial charge is 0.223 e. The van der Waals surface area contributed by atoms with E-state index < -0.39 is 0 Å². The Bertz CT molecular complexity index is 992. The number of aromatic amines is 1. The lowest BCUT2D eigenvalue weighted by Crippen LogP contribution is -2.37. The van der Waals surface area contributed by atoms with E-state index in [1.807, 2.05) is 48.7 Å². The molecule has 4 rings (SSSR count). The molecule has 1 amide bonds. The molecule has 0 aliphatic heterocycles. The molecule has 2 aromatic carbocycles. The Morgan fingerprint density at radius 2 is 1.84 bits per heavy atom. The number of H-pyrrole nitrogens is 1. The molecular formula is C26H32N4O2. The molecule has 3 aromatic rings. The molecule has 6 nitrogen and oxygen atoms in total. The number of ether oxygens (including phenoxy) is 1. The van der Waals surface area contributed by atoms with Crippen molar-refractivity contribution < 1.29 is 9.53 Å². The highest BCUT2D eigenvalue weighted by molar-refractivity contribution is 5.79. The zero-order valence-corrected chi connectivity index (χ0v) is 18.6. The number of amides is 1. The fraction of sp³-hybridized carbons (Fsp3) is 0.385. The molecule has 168 valence electrons. The summed E-state index contributed by atoms with van der Waals surface area (Å²) in [5.74, 6) is 2.29. The monoisotopic (exact) mass is 432 g/mol. The summed E-state index contributed by atoms with van der Waals surface area (Å²) in [5, 5.41) is 3.28. The van der Waals surface area contributed by atoms with E-state index in [0.29, 0.717) is 18.9 Å². The number of hydrogen-bond donors (Lipinski definition) is 3. The molecule has 6 heteroatoms. The first-order valence-corrected chi connectivity index (χ1v) is 11.4. The third-order valence-electron chi connectivity index (χ3n) is 6.48. The summed E-state index contributed by atoms with van der Waals surface area (Å²) >= 11 is 0. The van der Waals surface area contributed by atoms with Crippen molar-refractivity contribution in [2.45, 2.75) is 38.1 Å². The standard InChI is InChI=1S/C26H32N4O2/c1-32-22-13-11-20(12-14-22)24-17-28-25(29-24)23(15-18-5-3-2-4-6-18)30-26(31)21-9-7-19(16-27)8-10-21/h2-6,11-14,17,19,21,23H,7-10,15-16,27H2,1H3,(H,28,29)(H,30,31). The Labute approximate surface area is 189 Å². The summed E-state index contributed by atoms with van der Waals surface area (Å²) in [6, 6.07) is 17.8. The van der Waals surface area contributed by atoms with Crippen LogP contribution in [0.25, 0.3) is 11.3 Å². The van der Waals surface area contributed by atoms with Gasteiger partial charge in [-0.25, -0.2) is 4.98 Å². The average Bonchev–Trinajstić information content (AvgIpc) is 3.35. The molecule has 4 N–H and O–H groups in total. The highest BCUT2D eigenvalue weighted by Gasteiger charge is 2.28. The van der Waals surface area contributed by atoms with Crippen LogP contribution >= 0.6 is 0 Å². The third kappa shape index (κ3) is 5.37. The molecule has 1 aliphatic rings. The number of nitrogens with one attached hydrogen (secondary N) is 2. The lowest BCUT2D eigenvalue weighted by molar-refractivity contribution is -0.127. The van der Waals surface area contributed by atoms with Gasteiger partial charge in [-0.15, -0.1) is 0 Å². The van der Waals surface area contributed by atoms with Crippen LogP contribution in [-0.2, 0) is 11.2 Å². The first kappa shape index (κ1) is 22.1. The summed E-state index contributed by atoms with van der Waals surface area (Å²) in [6.07, 6.45) is 6.37. The van der Waals surface area contributed by atoms with E-state index in [-0.39, 0.29) is 17.9 Å². The van der Waals surface area contributed by atoms with Gasteiger partial charge >= 0.3 is 0 Å². The van der Waals surface area contributed by atoms with Gasteiger partial charge in [-0.05, 0) is 80.0 Å². The van der Waals surface area contributed by atoms with Gasteiger partial charge in [0.2, 0.25) is 5.91 Å². The highest BCUT2D eigenvalue weighted by atomic mass is 16.5. The summed E-state index contributed by atoms with van der Waals surface area (Å²) in [7, 11) is 1.66.